The van der Waals surface area contributed by atoms with Gasteiger partial charge in [-0.3, -0.25) is 14.4 Å². The predicted molar refractivity (Wildman–Crippen MR) is 384 cm³/mol. The van der Waals surface area contributed by atoms with Crippen LogP contribution in [0.2, 0.25) is 15.1 Å². The number of anilines is 2. The van der Waals surface area contributed by atoms with Crippen molar-refractivity contribution < 1.29 is 53.6 Å². The average molecular weight is 1440 g/mol. The van der Waals surface area contributed by atoms with E-state index in [1.54, 1.807) is 97.1 Å². The SMILES string of the molecule is C.COC(=O)c1ccc(-c2nn(C(=O)c3c(C)cccc3Cl)c3cc(Br)ccc23)cc1.COC(=O)c1ccc(-c2nn(C(=O)c3c(C)cccc3Cl)c3cc(N4CC(O)C4)ccc23)cc1.Cc1cccc(Cl)c1C(=O)n1nc(-c2ccc(C(=O)O)cc2)c2ccc(N3CC(O)C3)cc21. The number of ether oxygens (including phenoxy) is 2. The fourth-order valence-electron chi connectivity index (χ4n) is 11.7. The van der Waals surface area contributed by atoms with Crippen molar-refractivity contribution >= 4 is 130 Å². The summed E-state index contributed by atoms with van der Waals surface area (Å²) in [6.07, 6.45) is -0.710. The van der Waals surface area contributed by atoms with Gasteiger partial charge in [-0.25, -0.2) is 14.4 Å². The number of aromatic nitrogens is 6. The second-order valence-electron chi connectivity index (χ2n) is 23.2. The number of carboxylic acids is 1. The van der Waals surface area contributed by atoms with E-state index in [9.17, 15) is 44.1 Å². The van der Waals surface area contributed by atoms with Crippen molar-refractivity contribution in [2.24, 2.45) is 0 Å². The highest BCUT2D eigenvalue weighted by Crippen LogP contribution is 2.38. The number of carboxylic acid groups (broad SMARTS) is 1. The molecule has 0 atom stereocenters. The molecule has 98 heavy (non-hydrogen) atoms. The number of aliphatic hydroxyl groups excluding tert-OH is 2. The summed E-state index contributed by atoms with van der Waals surface area (Å²) in [6.45, 7) is 7.64. The molecule has 0 spiro atoms. The van der Waals surface area contributed by atoms with Crippen LogP contribution in [0.25, 0.3) is 66.5 Å². The number of halogens is 4. The fraction of sp³-hybridized carbons (Fsp3) is 0.160. The van der Waals surface area contributed by atoms with Crippen LogP contribution < -0.4 is 9.80 Å². The Bertz CT molecular complexity index is 5080. The molecular formula is C75H62BrCl3N8O11. The Morgan fingerprint density at radius 3 is 1.04 bits per heavy atom. The monoisotopic (exact) mass is 1430 g/mol. The highest BCUT2D eigenvalue weighted by atomic mass is 79.9. The molecule has 14 rings (SSSR count). The molecule has 496 valence electrons. The molecule has 0 bridgehead atoms. The summed E-state index contributed by atoms with van der Waals surface area (Å²) in [5.74, 6) is -2.83. The molecule has 2 aliphatic rings. The van der Waals surface area contributed by atoms with Gasteiger partial charge in [0.2, 0.25) is 0 Å². The van der Waals surface area contributed by atoms with Crippen LogP contribution in [0.5, 0.6) is 0 Å². The summed E-state index contributed by atoms with van der Waals surface area (Å²) in [5.41, 5.74) is 12.2. The zero-order chi connectivity index (χ0) is 68.7. The molecule has 19 nitrogen and oxygen atoms in total. The van der Waals surface area contributed by atoms with E-state index in [0.717, 1.165) is 59.8 Å². The molecule has 0 amide bonds. The third-order valence-electron chi connectivity index (χ3n) is 16.9. The second-order valence-corrected chi connectivity index (χ2v) is 25.3. The van der Waals surface area contributed by atoms with E-state index in [0.29, 0.717) is 108 Å². The number of carbonyl (C=O) groups is 6. The minimum atomic E-state index is -1.01. The van der Waals surface area contributed by atoms with Crippen molar-refractivity contribution in [3.63, 3.8) is 0 Å². The smallest absolute Gasteiger partial charge is 0.337 e. The largest absolute Gasteiger partial charge is 0.478 e. The first-order valence-corrected chi connectivity index (χ1v) is 32.2. The lowest BCUT2D eigenvalue weighted by atomic mass is 10.0. The number of rotatable bonds is 11. The summed E-state index contributed by atoms with van der Waals surface area (Å²) >= 11 is 22.6. The Morgan fingerprint density at radius 1 is 0.439 bits per heavy atom. The van der Waals surface area contributed by atoms with Crippen molar-refractivity contribution in [1.29, 1.82) is 0 Å². The number of β-amino-alcohol motifs (C(OH)–C–C–N with tert-alkyl or cyclic N) is 2. The molecule has 5 heterocycles. The summed E-state index contributed by atoms with van der Waals surface area (Å²) in [5, 5.41) is 46.0. The van der Waals surface area contributed by atoms with Gasteiger partial charge in [-0.1, -0.05) is 131 Å². The molecular weight excluding hydrogens is 1380 g/mol. The Labute approximate surface area is 585 Å². The van der Waals surface area contributed by atoms with E-state index in [4.69, 9.17) is 49.4 Å². The van der Waals surface area contributed by atoms with E-state index < -0.39 is 17.9 Å². The van der Waals surface area contributed by atoms with Crippen LogP contribution in [0.1, 0.15) is 86.3 Å². The molecule has 0 unspecified atom stereocenters. The lowest BCUT2D eigenvalue weighted by Crippen LogP contribution is -2.50. The van der Waals surface area contributed by atoms with E-state index in [-0.39, 0.29) is 42.9 Å². The highest BCUT2D eigenvalue weighted by Gasteiger charge is 2.30. The van der Waals surface area contributed by atoms with Gasteiger partial charge in [0.15, 0.2) is 0 Å². The molecule has 2 saturated heterocycles. The first-order valence-electron chi connectivity index (χ1n) is 30.3. The predicted octanol–water partition coefficient (Wildman–Crippen LogP) is 15.1. The number of nitrogens with zero attached hydrogens (tertiary/aromatic N) is 8. The number of benzene rings is 9. The molecule has 9 aromatic carbocycles. The van der Waals surface area contributed by atoms with Crippen molar-refractivity contribution in [2.75, 3.05) is 50.2 Å². The number of aryl methyl sites for hydroxylation is 3. The van der Waals surface area contributed by atoms with Gasteiger partial charge in [0.1, 0.15) is 17.1 Å². The Hall–Kier alpha value is -10.3. The summed E-state index contributed by atoms with van der Waals surface area (Å²) in [7, 11) is 2.67. The minimum absolute atomic E-state index is 0. The average Bonchev–Trinajstić information content (AvgIpc) is 1.60. The topological polar surface area (TPSA) is 242 Å². The standard InChI is InChI=1S/C26H22ClN3O4.C25H20ClN3O4.C23H16BrClN2O3.CH4/c1-15-4-3-5-21(27)23(15)25(32)30-22-12-18(29-13-19(31)14-29)10-11-20(22)24(28-30)16-6-8-17(9-7-16)26(33)34-2;1-14-3-2-4-20(26)22(14)24(31)29-21-11-17(28-12-18(30)13-28)9-10-19(21)23(27-29)15-5-7-16(8-6-15)25(32)33;1-13-4-3-5-18(25)20(13)22(28)27-19-12-16(24)10-11-17(19)21(26-27)14-6-8-15(9-7-14)23(29)30-2;/h3-12,19,31H,13-14H2,1-2H3;2-11,18,30H,12-13H2,1H3,(H,32,33);3-12H,1-2H3;1H4. The fourth-order valence-corrected chi connectivity index (χ4v) is 12.9. The number of hydrogen-bond donors (Lipinski definition) is 3. The summed E-state index contributed by atoms with van der Waals surface area (Å²) < 4.78 is 14.5. The number of hydrogen-bond acceptors (Lipinski definition) is 15. The van der Waals surface area contributed by atoms with Crippen LogP contribution in [0.15, 0.2) is 186 Å². The normalized spacial score (nSPS) is 12.8. The van der Waals surface area contributed by atoms with E-state index in [2.05, 4.69) is 26.1 Å². The zero-order valence-corrected chi connectivity index (χ0v) is 56.4. The Balaban J connectivity index is 0.000000148. The van der Waals surface area contributed by atoms with E-state index in [1.165, 1.54) is 40.4 Å². The maximum atomic E-state index is 13.6. The number of fused-ring (bicyclic) bond motifs is 3. The third-order valence-corrected chi connectivity index (χ3v) is 18.3. The van der Waals surface area contributed by atoms with Gasteiger partial charge < -0.3 is 34.6 Å². The van der Waals surface area contributed by atoms with Crippen molar-refractivity contribution in [3.05, 3.63) is 252 Å². The van der Waals surface area contributed by atoms with E-state index >= 15 is 0 Å². The Kier molecular flexibility index (Phi) is 20.3. The van der Waals surface area contributed by atoms with Crippen LogP contribution in [0, 0.1) is 20.8 Å². The molecule has 3 N–H and O–H groups in total. The van der Waals surface area contributed by atoms with Crippen molar-refractivity contribution in [3.8, 4) is 33.8 Å². The van der Waals surface area contributed by atoms with Crippen LogP contribution in [0.4, 0.5) is 11.4 Å². The maximum absolute atomic E-state index is 13.6. The first-order chi connectivity index (χ1) is 46.6. The maximum Gasteiger partial charge on any atom is 0.337 e. The first kappa shape index (κ1) is 69.0. The van der Waals surface area contributed by atoms with Gasteiger partial charge in [0.25, 0.3) is 17.7 Å². The summed E-state index contributed by atoms with van der Waals surface area (Å²) in [6, 6.07) is 53.3. The third kappa shape index (κ3) is 13.6. The van der Waals surface area contributed by atoms with E-state index in [1.807, 2.05) is 103 Å². The molecule has 0 saturated carbocycles. The van der Waals surface area contributed by atoms with Gasteiger partial charge in [0.05, 0.1) is 91.4 Å². The lowest BCUT2D eigenvalue weighted by molar-refractivity contribution is 0.0592. The van der Waals surface area contributed by atoms with Crippen LogP contribution in [0.3, 0.4) is 0 Å². The molecule has 2 fully saturated rings. The van der Waals surface area contributed by atoms with Crippen LogP contribution >= 0.6 is 50.7 Å². The zero-order valence-electron chi connectivity index (χ0n) is 52.5. The van der Waals surface area contributed by atoms with Gasteiger partial charge >= 0.3 is 17.9 Å². The molecule has 0 radical (unpaired) electrons. The van der Waals surface area contributed by atoms with Crippen LogP contribution in [-0.4, -0.2) is 133 Å². The van der Waals surface area contributed by atoms with Gasteiger partial charge in [-0.2, -0.15) is 29.3 Å². The number of carbonyl (C=O) groups excluding carboxylic acids is 5. The molecule has 12 aromatic rings. The van der Waals surface area contributed by atoms with Gasteiger partial charge in [-0.05, 0) is 147 Å². The quantitative estimate of drug-likeness (QED) is 0.102. The number of aliphatic hydroxyl groups is 2. The molecule has 3 aromatic heterocycles. The number of esters is 2. The lowest BCUT2D eigenvalue weighted by Gasteiger charge is -2.37. The van der Waals surface area contributed by atoms with Crippen LogP contribution in [-0.2, 0) is 9.47 Å². The summed E-state index contributed by atoms with van der Waals surface area (Å²) in [4.78, 5) is 79.5. The second kappa shape index (κ2) is 28.8. The number of methoxy groups -OCH3 is 2. The minimum Gasteiger partial charge on any atom is -0.478 e. The van der Waals surface area contributed by atoms with Gasteiger partial charge in [-0.15, -0.1) is 0 Å². The Morgan fingerprint density at radius 2 is 0.745 bits per heavy atom. The highest BCUT2D eigenvalue weighted by molar-refractivity contribution is 9.10. The molecule has 0 aliphatic carbocycles. The molecule has 23 heteroatoms. The van der Waals surface area contributed by atoms with Crippen molar-refractivity contribution in [1.82, 2.24) is 29.3 Å². The van der Waals surface area contributed by atoms with Gasteiger partial charge in [0, 0.05) is 74.9 Å². The molecule has 2 aliphatic heterocycles. The number of aromatic carboxylic acids is 1. The van der Waals surface area contributed by atoms with Crippen molar-refractivity contribution in [2.45, 2.75) is 40.4 Å².